The van der Waals surface area contributed by atoms with E-state index in [0.29, 0.717) is 30.3 Å². The van der Waals surface area contributed by atoms with Crippen molar-refractivity contribution in [2.75, 3.05) is 31.4 Å². The van der Waals surface area contributed by atoms with Crippen LogP contribution in [0.1, 0.15) is 4.88 Å². The minimum absolute atomic E-state index is 0.173. The molecule has 0 saturated heterocycles. The van der Waals surface area contributed by atoms with Crippen molar-refractivity contribution in [2.45, 2.75) is 6.61 Å². The lowest BCUT2D eigenvalue weighted by Crippen LogP contribution is -2.17. The lowest BCUT2D eigenvalue weighted by atomic mass is 10.2. The second-order valence-corrected chi connectivity index (χ2v) is 6.30. The van der Waals surface area contributed by atoms with Gasteiger partial charge in [-0.1, -0.05) is 11.6 Å². The number of ether oxygens (including phenoxy) is 3. The van der Waals surface area contributed by atoms with Gasteiger partial charge in [-0.3, -0.25) is 5.32 Å². The van der Waals surface area contributed by atoms with Gasteiger partial charge in [0.05, 0.1) is 22.3 Å². The molecule has 3 N–H and O–H groups in total. The number of anilines is 2. The number of halogens is 1. The zero-order valence-corrected chi connectivity index (χ0v) is 14.1. The summed E-state index contributed by atoms with van der Waals surface area (Å²) in [5.74, 6) is 0.602. The molecular formula is C15H17ClN2O4S. The molecule has 8 heteroatoms. The van der Waals surface area contributed by atoms with Crippen LogP contribution in [0.25, 0.3) is 0 Å². The Bertz CT molecular complexity index is 663. The van der Waals surface area contributed by atoms with E-state index in [9.17, 15) is 4.79 Å². The molecule has 0 atom stereocenters. The summed E-state index contributed by atoms with van der Waals surface area (Å²) in [5, 5.41) is 2.56. The Labute approximate surface area is 143 Å². The van der Waals surface area contributed by atoms with E-state index in [1.165, 1.54) is 18.4 Å². The van der Waals surface area contributed by atoms with Crippen LogP contribution in [0.3, 0.4) is 0 Å². The van der Waals surface area contributed by atoms with Crippen molar-refractivity contribution in [3.8, 4) is 5.75 Å². The van der Waals surface area contributed by atoms with Gasteiger partial charge in [-0.05, 0) is 24.3 Å². The monoisotopic (exact) mass is 356 g/mol. The highest BCUT2D eigenvalue weighted by molar-refractivity contribution is 7.16. The van der Waals surface area contributed by atoms with Crippen molar-refractivity contribution in [1.82, 2.24) is 0 Å². The predicted molar refractivity (Wildman–Crippen MR) is 91.4 cm³/mol. The molecule has 1 aromatic heterocycles. The molecule has 0 saturated carbocycles. The molecule has 1 amide bonds. The Morgan fingerprint density at radius 2 is 2.13 bits per heavy atom. The van der Waals surface area contributed by atoms with Gasteiger partial charge in [0.2, 0.25) is 0 Å². The van der Waals surface area contributed by atoms with Gasteiger partial charge in [0.25, 0.3) is 0 Å². The molecule has 1 aromatic carbocycles. The van der Waals surface area contributed by atoms with Crippen molar-refractivity contribution < 1.29 is 19.0 Å². The van der Waals surface area contributed by atoms with Gasteiger partial charge in [0.1, 0.15) is 19.0 Å². The summed E-state index contributed by atoms with van der Waals surface area (Å²) < 4.78 is 16.1. The number of nitrogens with two attached hydrogens (primary N) is 1. The minimum atomic E-state index is -0.587. The zero-order chi connectivity index (χ0) is 16.7. The number of nitrogens with one attached hydrogen (secondary N) is 1. The third kappa shape index (κ3) is 5.63. The first-order chi connectivity index (χ1) is 11.1. The van der Waals surface area contributed by atoms with Crippen LogP contribution in [0.2, 0.25) is 4.34 Å². The molecule has 0 aliphatic carbocycles. The number of hydrogen-bond donors (Lipinski definition) is 2. The van der Waals surface area contributed by atoms with E-state index in [4.69, 9.17) is 31.5 Å². The van der Waals surface area contributed by atoms with E-state index in [1.807, 2.05) is 12.1 Å². The Balaban J connectivity index is 1.88. The first-order valence-electron chi connectivity index (χ1n) is 6.77. The molecule has 0 bridgehead atoms. The van der Waals surface area contributed by atoms with E-state index in [-0.39, 0.29) is 6.61 Å². The molecule has 0 aliphatic heterocycles. The van der Waals surface area contributed by atoms with Crippen molar-refractivity contribution in [3.63, 3.8) is 0 Å². The number of thiophene rings is 1. The number of benzene rings is 1. The fourth-order valence-corrected chi connectivity index (χ4v) is 2.69. The summed E-state index contributed by atoms with van der Waals surface area (Å²) in [4.78, 5) is 12.6. The molecule has 2 aromatic rings. The fraction of sp³-hybridized carbons (Fsp3) is 0.267. The van der Waals surface area contributed by atoms with Gasteiger partial charge in [0.15, 0.2) is 0 Å². The van der Waals surface area contributed by atoms with Crippen LogP contribution in [-0.2, 0) is 16.1 Å². The topological polar surface area (TPSA) is 82.8 Å². The van der Waals surface area contributed by atoms with Gasteiger partial charge < -0.3 is 19.9 Å². The molecule has 0 radical (unpaired) electrons. The van der Waals surface area contributed by atoms with Crippen molar-refractivity contribution in [2.24, 2.45) is 0 Å². The molecule has 0 unspecified atom stereocenters. The van der Waals surface area contributed by atoms with Gasteiger partial charge in [-0.2, -0.15) is 0 Å². The molecule has 0 spiro atoms. The van der Waals surface area contributed by atoms with Crippen LogP contribution in [0.4, 0.5) is 16.2 Å². The summed E-state index contributed by atoms with van der Waals surface area (Å²) in [7, 11) is 1.53. The smallest absolute Gasteiger partial charge is 0.411 e. The number of amides is 1. The van der Waals surface area contributed by atoms with Gasteiger partial charge >= 0.3 is 6.09 Å². The first-order valence-corrected chi connectivity index (χ1v) is 7.97. The average molecular weight is 357 g/mol. The van der Waals surface area contributed by atoms with E-state index < -0.39 is 6.09 Å². The molecule has 6 nitrogen and oxygen atoms in total. The molecule has 0 aliphatic rings. The summed E-state index contributed by atoms with van der Waals surface area (Å²) >= 11 is 7.32. The quantitative estimate of drug-likeness (QED) is 0.583. The largest absolute Gasteiger partial charge is 0.488 e. The molecule has 0 fully saturated rings. The highest BCUT2D eigenvalue weighted by Gasteiger charge is 2.08. The molecule has 1 heterocycles. The fourth-order valence-electron chi connectivity index (χ4n) is 1.69. The van der Waals surface area contributed by atoms with Crippen molar-refractivity contribution in [1.29, 1.82) is 0 Å². The lowest BCUT2D eigenvalue weighted by molar-refractivity contribution is 0.107. The first kappa shape index (κ1) is 17.4. The minimum Gasteiger partial charge on any atom is -0.488 e. The normalized spacial score (nSPS) is 10.3. The lowest BCUT2D eigenvalue weighted by Gasteiger charge is -2.11. The number of carbonyl (C=O) groups excluding carboxylic acids is 1. The Morgan fingerprint density at radius 3 is 2.78 bits per heavy atom. The Hall–Kier alpha value is -1.96. The molecule has 23 heavy (non-hydrogen) atoms. The number of methoxy groups -OCH3 is 1. The highest BCUT2D eigenvalue weighted by atomic mass is 35.5. The number of hydrogen-bond acceptors (Lipinski definition) is 6. The van der Waals surface area contributed by atoms with Crippen LogP contribution in [0.5, 0.6) is 5.75 Å². The van der Waals surface area contributed by atoms with Crippen LogP contribution >= 0.6 is 22.9 Å². The Morgan fingerprint density at radius 1 is 1.30 bits per heavy atom. The summed E-state index contributed by atoms with van der Waals surface area (Å²) in [6, 6.07) is 8.74. The second kappa shape index (κ2) is 8.61. The number of nitrogen functional groups attached to an aromatic ring is 1. The summed E-state index contributed by atoms with van der Waals surface area (Å²) in [6.07, 6.45) is -0.587. The maximum absolute atomic E-state index is 11.6. The third-order valence-electron chi connectivity index (χ3n) is 2.79. The summed E-state index contributed by atoms with van der Waals surface area (Å²) in [5.41, 5.74) is 6.75. The predicted octanol–water partition coefficient (Wildman–Crippen LogP) is 3.76. The van der Waals surface area contributed by atoms with Crippen molar-refractivity contribution in [3.05, 3.63) is 39.5 Å². The zero-order valence-electron chi connectivity index (χ0n) is 12.5. The van der Waals surface area contributed by atoms with Crippen LogP contribution < -0.4 is 15.8 Å². The highest BCUT2D eigenvalue weighted by Crippen LogP contribution is 2.27. The van der Waals surface area contributed by atoms with Crippen LogP contribution in [-0.4, -0.2) is 26.4 Å². The average Bonchev–Trinajstić information content (AvgIpc) is 2.93. The number of carbonyl (C=O) groups is 1. The third-order valence-corrected chi connectivity index (χ3v) is 3.99. The number of rotatable bonds is 7. The van der Waals surface area contributed by atoms with Crippen LogP contribution in [0, 0.1) is 0 Å². The standard InChI is InChI=1S/C15H17ClN2O4S/c1-20-6-7-21-15(19)18-13-4-2-10(8-12(13)17)22-9-11-3-5-14(16)23-11/h2-5,8H,6-7,9,17H2,1H3,(H,18,19). The van der Waals surface area contributed by atoms with Gasteiger partial charge in [-0.15, -0.1) is 11.3 Å². The summed E-state index contributed by atoms with van der Waals surface area (Å²) in [6.45, 7) is 0.915. The van der Waals surface area contributed by atoms with E-state index in [1.54, 1.807) is 18.2 Å². The van der Waals surface area contributed by atoms with Gasteiger partial charge in [0, 0.05) is 18.1 Å². The Kier molecular flexibility index (Phi) is 6.52. The van der Waals surface area contributed by atoms with E-state index in [2.05, 4.69) is 5.32 Å². The molecule has 124 valence electrons. The van der Waals surface area contributed by atoms with E-state index in [0.717, 1.165) is 9.21 Å². The molecular weight excluding hydrogens is 340 g/mol. The van der Waals surface area contributed by atoms with Gasteiger partial charge in [-0.25, -0.2) is 4.79 Å². The van der Waals surface area contributed by atoms with Crippen LogP contribution in [0.15, 0.2) is 30.3 Å². The second-order valence-electron chi connectivity index (χ2n) is 4.50. The SMILES string of the molecule is COCCOC(=O)Nc1ccc(OCc2ccc(Cl)s2)cc1N. The maximum atomic E-state index is 11.6. The van der Waals surface area contributed by atoms with E-state index >= 15 is 0 Å². The maximum Gasteiger partial charge on any atom is 0.411 e. The van der Waals surface area contributed by atoms with Crippen molar-refractivity contribution >= 4 is 40.4 Å². The molecule has 2 rings (SSSR count).